The number of nitriles is 1. The average Bonchev–Trinajstić information content (AvgIpc) is 2.48. The molecule has 0 fully saturated rings. The van der Waals surface area contributed by atoms with Gasteiger partial charge in [0.1, 0.15) is 28.9 Å². The molecule has 0 aliphatic rings. The van der Waals surface area contributed by atoms with Gasteiger partial charge in [-0.3, -0.25) is 0 Å². The number of aromatic carboxylic acids is 1. The van der Waals surface area contributed by atoms with Gasteiger partial charge in [-0.1, -0.05) is 0 Å². The van der Waals surface area contributed by atoms with Crippen molar-refractivity contribution in [3.8, 4) is 23.3 Å². The molecule has 0 aliphatic carbocycles. The standard InChI is InChI=1S/C15H10INO4/c1-20-11-4-2-9(8-17)14(7-11)21-13-5-3-10(16)6-12(13)15(18)19/h2-7H,1H3,(H,18,19). The maximum Gasteiger partial charge on any atom is 0.339 e. The molecule has 6 heteroatoms. The molecule has 106 valence electrons. The summed E-state index contributed by atoms with van der Waals surface area (Å²) >= 11 is 2.02. The molecule has 0 bridgehead atoms. The predicted octanol–water partition coefficient (Wildman–Crippen LogP) is 3.66. The first-order valence-corrected chi connectivity index (χ1v) is 6.92. The van der Waals surface area contributed by atoms with Crippen molar-refractivity contribution in [2.45, 2.75) is 0 Å². The molecule has 2 aromatic carbocycles. The smallest absolute Gasteiger partial charge is 0.339 e. The Kier molecular flexibility index (Phi) is 4.65. The Labute approximate surface area is 134 Å². The quantitative estimate of drug-likeness (QED) is 0.800. The summed E-state index contributed by atoms with van der Waals surface area (Å²) in [6.45, 7) is 0. The Morgan fingerprint density at radius 2 is 2.00 bits per heavy atom. The third-order valence-electron chi connectivity index (χ3n) is 2.70. The van der Waals surface area contributed by atoms with Crippen LogP contribution in [0.3, 0.4) is 0 Å². The third kappa shape index (κ3) is 3.44. The van der Waals surface area contributed by atoms with E-state index < -0.39 is 5.97 Å². The van der Waals surface area contributed by atoms with E-state index in [-0.39, 0.29) is 17.1 Å². The minimum absolute atomic E-state index is 0.0357. The van der Waals surface area contributed by atoms with Gasteiger partial charge in [0.05, 0.1) is 12.7 Å². The van der Waals surface area contributed by atoms with Crippen LogP contribution in [0.1, 0.15) is 15.9 Å². The normalized spacial score (nSPS) is 9.76. The molecule has 0 atom stereocenters. The van der Waals surface area contributed by atoms with Crippen LogP contribution in [0, 0.1) is 14.9 Å². The van der Waals surface area contributed by atoms with Crippen LogP contribution in [-0.4, -0.2) is 18.2 Å². The lowest BCUT2D eigenvalue weighted by molar-refractivity contribution is 0.0694. The van der Waals surface area contributed by atoms with Crippen molar-refractivity contribution >= 4 is 28.6 Å². The molecule has 0 heterocycles. The SMILES string of the molecule is COc1ccc(C#N)c(Oc2ccc(I)cc2C(=O)O)c1. The van der Waals surface area contributed by atoms with E-state index in [1.807, 2.05) is 28.7 Å². The van der Waals surface area contributed by atoms with Gasteiger partial charge in [-0.15, -0.1) is 0 Å². The van der Waals surface area contributed by atoms with Crippen LogP contribution in [0.5, 0.6) is 17.2 Å². The summed E-state index contributed by atoms with van der Waals surface area (Å²) in [6, 6.07) is 11.5. The highest BCUT2D eigenvalue weighted by atomic mass is 127. The Bertz CT molecular complexity index is 737. The summed E-state index contributed by atoms with van der Waals surface area (Å²) in [6.07, 6.45) is 0. The lowest BCUT2D eigenvalue weighted by Gasteiger charge is -2.11. The number of nitrogens with zero attached hydrogens (tertiary/aromatic N) is 1. The molecule has 2 rings (SSSR count). The number of benzene rings is 2. The second-order valence-corrected chi connectivity index (χ2v) is 5.27. The maximum atomic E-state index is 11.3. The van der Waals surface area contributed by atoms with E-state index >= 15 is 0 Å². The predicted molar refractivity (Wildman–Crippen MR) is 83.9 cm³/mol. The maximum absolute atomic E-state index is 11.3. The van der Waals surface area contributed by atoms with Gasteiger partial charge in [0.25, 0.3) is 0 Å². The monoisotopic (exact) mass is 395 g/mol. The number of hydrogen-bond acceptors (Lipinski definition) is 4. The first-order valence-electron chi connectivity index (χ1n) is 5.84. The van der Waals surface area contributed by atoms with E-state index in [4.69, 9.17) is 14.7 Å². The fourth-order valence-electron chi connectivity index (χ4n) is 1.68. The van der Waals surface area contributed by atoms with E-state index in [1.54, 1.807) is 30.3 Å². The van der Waals surface area contributed by atoms with Crippen LogP contribution < -0.4 is 9.47 Å². The lowest BCUT2D eigenvalue weighted by Crippen LogP contribution is -2.01. The van der Waals surface area contributed by atoms with Gasteiger partial charge in [-0.2, -0.15) is 5.26 Å². The summed E-state index contributed by atoms with van der Waals surface area (Å²) in [4.78, 5) is 11.3. The van der Waals surface area contributed by atoms with E-state index in [1.165, 1.54) is 13.2 Å². The molecule has 0 unspecified atom stereocenters. The molecule has 0 aliphatic heterocycles. The molecule has 0 aromatic heterocycles. The summed E-state index contributed by atoms with van der Waals surface area (Å²) < 4.78 is 11.5. The Morgan fingerprint density at radius 3 is 2.62 bits per heavy atom. The number of rotatable bonds is 4. The second kappa shape index (κ2) is 6.45. The number of hydrogen-bond donors (Lipinski definition) is 1. The van der Waals surface area contributed by atoms with Crippen LogP contribution >= 0.6 is 22.6 Å². The zero-order chi connectivity index (χ0) is 15.4. The molecule has 0 radical (unpaired) electrons. The molecule has 0 saturated carbocycles. The molecule has 5 nitrogen and oxygen atoms in total. The number of carboxylic acids is 1. The summed E-state index contributed by atoms with van der Waals surface area (Å²) in [5.74, 6) is -0.149. The molecule has 1 N–H and O–H groups in total. The number of halogens is 1. The fraction of sp³-hybridized carbons (Fsp3) is 0.0667. The van der Waals surface area contributed by atoms with Crippen molar-refractivity contribution in [3.63, 3.8) is 0 Å². The Morgan fingerprint density at radius 1 is 1.24 bits per heavy atom. The summed E-state index contributed by atoms with van der Waals surface area (Å²) in [5.41, 5.74) is 0.333. The van der Waals surface area contributed by atoms with Gasteiger partial charge in [-0.05, 0) is 52.9 Å². The highest BCUT2D eigenvalue weighted by Crippen LogP contribution is 2.31. The van der Waals surface area contributed by atoms with Gasteiger partial charge >= 0.3 is 5.97 Å². The average molecular weight is 395 g/mol. The Hall–Kier alpha value is -2.27. The third-order valence-corrected chi connectivity index (χ3v) is 3.37. The highest BCUT2D eigenvalue weighted by Gasteiger charge is 2.15. The van der Waals surface area contributed by atoms with Crippen molar-refractivity contribution in [2.24, 2.45) is 0 Å². The van der Waals surface area contributed by atoms with Crippen LogP contribution in [0.25, 0.3) is 0 Å². The molecular formula is C15H10INO4. The number of carbonyl (C=O) groups is 1. The van der Waals surface area contributed by atoms with Gasteiger partial charge < -0.3 is 14.6 Å². The molecule has 0 saturated heterocycles. The minimum Gasteiger partial charge on any atom is -0.497 e. The van der Waals surface area contributed by atoms with Crippen LogP contribution in [0.4, 0.5) is 0 Å². The van der Waals surface area contributed by atoms with E-state index in [9.17, 15) is 9.90 Å². The first kappa shape index (κ1) is 15.1. The number of carboxylic acid groups (broad SMARTS) is 1. The molecular weight excluding hydrogens is 385 g/mol. The number of ether oxygens (including phenoxy) is 2. The Balaban J connectivity index is 2.47. The van der Waals surface area contributed by atoms with Crippen molar-refractivity contribution in [2.75, 3.05) is 7.11 Å². The van der Waals surface area contributed by atoms with Crippen LogP contribution in [0.15, 0.2) is 36.4 Å². The van der Waals surface area contributed by atoms with Crippen LogP contribution in [-0.2, 0) is 0 Å². The molecule has 2 aromatic rings. The molecule has 0 amide bonds. The van der Waals surface area contributed by atoms with Gasteiger partial charge in [0.15, 0.2) is 0 Å². The van der Waals surface area contributed by atoms with E-state index in [0.717, 1.165) is 3.57 Å². The minimum atomic E-state index is -1.09. The van der Waals surface area contributed by atoms with Crippen molar-refractivity contribution < 1.29 is 19.4 Å². The number of methoxy groups -OCH3 is 1. The molecule has 0 spiro atoms. The zero-order valence-electron chi connectivity index (χ0n) is 11.0. The van der Waals surface area contributed by atoms with Crippen molar-refractivity contribution in [3.05, 3.63) is 51.1 Å². The lowest BCUT2D eigenvalue weighted by atomic mass is 10.2. The molecule has 21 heavy (non-hydrogen) atoms. The zero-order valence-corrected chi connectivity index (χ0v) is 13.1. The van der Waals surface area contributed by atoms with Crippen molar-refractivity contribution in [1.82, 2.24) is 0 Å². The fourth-order valence-corrected chi connectivity index (χ4v) is 2.17. The summed E-state index contributed by atoms with van der Waals surface area (Å²) in [5, 5.41) is 18.3. The topological polar surface area (TPSA) is 79.5 Å². The first-order chi connectivity index (χ1) is 10.0. The van der Waals surface area contributed by atoms with Crippen molar-refractivity contribution in [1.29, 1.82) is 5.26 Å². The van der Waals surface area contributed by atoms with E-state index in [2.05, 4.69) is 0 Å². The second-order valence-electron chi connectivity index (χ2n) is 4.02. The summed E-state index contributed by atoms with van der Waals surface area (Å²) in [7, 11) is 1.50. The highest BCUT2D eigenvalue weighted by molar-refractivity contribution is 14.1. The van der Waals surface area contributed by atoms with Gasteiger partial charge in [0.2, 0.25) is 0 Å². The largest absolute Gasteiger partial charge is 0.497 e. The van der Waals surface area contributed by atoms with Gasteiger partial charge in [-0.25, -0.2) is 4.79 Å². The van der Waals surface area contributed by atoms with Gasteiger partial charge in [0, 0.05) is 9.64 Å². The van der Waals surface area contributed by atoms with E-state index in [0.29, 0.717) is 11.3 Å². The van der Waals surface area contributed by atoms with Crippen LogP contribution in [0.2, 0.25) is 0 Å².